The van der Waals surface area contributed by atoms with E-state index >= 15 is 0 Å². The van der Waals surface area contributed by atoms with Crippen molar-refractivity contribution in [1.82, 2.24) is 15.8 Å². The van der Waals surface area contributed by atoms with E-state index in [-0.39, 0.29) is 12.3 Å². The van der Waals surface area contributed by atoms with Crippen LogP contribution < -0.4 is 15.6 Å². The lowest BCUT2D eigenvalue weighted by Gasteiger charge is -2.33. The van der Waals surface area contributed by atoms with Crippen molar-refractivity contribution in [2.45, 2.75) is 52.2 Å². The molecule has 0 saturated carbocycles. The van der Waals surface area contributed by atoms with Crippen LogP contribution in [0.4, 0.5) is 13.6 Å². The summed E-state index contributed by atoms with van der Waals surface area (Å²) in [6, 6.07) is 2.90. The first-order chi connectivity index (χ1) is 14.0. The molecule has 1 aromatic carbocycles. The van der Waals surface area contributed by atoms with Gasteiger partial charge < -0.3 is 14.4 Å². The number of nitrogens with zero attached hydrogens (tertiary/aromatic N) is 1. The minimum Gasteiger partial charge on any atom is -0.481 e. The molecule has 0 bridgehead atoms. The lowest BCUT2D eigenvalue weighted by molar-refractivity contribution is -0.135. The van der Waals surface area contributed by atoms with E-state index in [9.17, 15) is 23.2 Å². The summed E-state index contributed by atoms with van der Waals surface area (Å²) >= 11 is 0. The molecule has 1 aromatic rings. The third-order valence-corrected chi connectivity index (χ3v) is 4.33. The van der Waals surface area contributed by atoms with Crippen molar-refractivity contribution in [3.8, 4) is 5.75 Å². The van der Waals surface area contributed by atoms with E-state index in [0.29, 0.717) is 19.4 Å². The summed E-state index contributed by atoms with van der Waals surface area (Å²) in [5.74, 6) is -3.78. The summed E-state index contributed by atoms with van der Waals surface area (Å²) < 4.78 is 36.7. The van der Waals surface area contributed by atoms with Crippen LogP contribution in [0.25, 0.3) is 0 Å². The molecule has 0 spiro atoms. The number of benzene rings is 1. The average Bonchev–Trinajstić information content (AvgIpc) is 2.67. The highest BCUT2D eigenvalue weighted by atomic mass is 19.2. The fraction of sp³-hybridized carbons (Fsp3) is 0.550. The van der Waals surface area contributed by atoms with Gasteiger partial charge in [0.2, 0.25) is 5.91 Å². The van der Waals surface area contributed by atoms with Crippen LogP contribution in [0.15, 0.2) is 18.2 Å². The Balaban J connectivity index is 1.82. The molecule has 3 amide bonds. The number of carbonyl (C=O) groups excluding carboxylic acids is 3. The van der Waals surface area contributed by atoms with E-state index in [4.69, 9.17) is 9.47 Å². The topological polar surface area (TPSA) is 97.0 Å². The maximum Gasteiger partial charge on any atom is 0.410 e. The van der Waals surface area contributed by atoms with Crippen LogP contribution >= 0.6 is 0 Å². The zero-order valence-electron chi connectivity index (χ0n) is 17.5. The van der Waals surface area contributed by atoms with Crippen molar-refractivity contribution in [1.29, 1.82) is 0 Å². The van der Waals surface area contributed by atoms with Crippen LogP contribution in [0.2, 0.25) is 0 Å². The van der Waals surface area contributed by atoms with Gasteiger partial charge in [-0.25, -0.2) is 13.6 Å². The van der Waals surface area contributed by atoms with Gasteiger partial charge in [-0.05, 0) is 52.7 Å². The number of hydrogen-bond donors (Lipinski definition) is 2. The molecular formula is C20H27F2N3O5. The van der Waals surface area contributed by atoms with Gasteiger partial charge in [-0.15, -0.1) is 0 Å². The summed E-state index contributed by atoms with van der Waals surface area (Å²) in [7, 11) is 0. The minimum atomic E-state index is -1.10. The van der Waals surface area contributed by atoms with E-state index in [1.165, 1.54) is 17.9 Å². The highest BCUT2D eigenvalue weighted by molar-refractivity contribution is 5.86. The third kappa shape index (κ3) is 6.85. The van der Waals surface area contributed by atoms with Gasteiger partial charge in [0.15, 0.2) is 17.7 Å². The van der Waals surface area contributed by atoms with Crippen molar-refractivity contribution in [2.24, 2.45) is 5.92 Å². The number of hydrazine groups is 1. The molecule has 1 heterocycles. The van der Waals surface area contributed by atoms with Crippen LogP contribution in [-0.4, -0.2) is 47.6 Å². The molecule has 0 aromatic heterocycles. The normalized spacial score (nSPS) is 17.7. The van der Waals surface area contributed by atoms with Gasteiger partial charge >= 0.3 is 6.09 Å². The van der Waals surface area contributed by atoms with Gasteiger partial charge in [-0.3, -0.25) is 20.4 Å². The van der Waals surface area contributed by atoms with E-state index in [1.807, 2.05) is 0 Å². The van der Waals surface area contributed by atoms with Gasteiger partial charge in [0, 0.05) is 19.2 Å². The van der Waals surface area contributed by atoms with Crippen LogP contribution in [0.1, 0.15) is 40.5 Å². The lowest BCUT2D eigenvalue weighted by Crippen LogP contribution is -2.52. The number of amides is 3. The monoisotopic (exact) mass is 427 g/mol. The fourth-order valence-electron chi connectivity index (χ4n) is 2.82. The summed E-state index contributed by atoms with van der Waals surface area (Å²) in [6.07, 6.45) is -0.375. The molecule has 2 atom stereocenters. The molecule has 2 rings (SSSR count). The molecular weight excluding hydrogens is 400 g/mol. The van der Waals surface area contributed by atoms with Crippen molar-refractivity contribution in [2.75, 3.05) is 13.1 Å². The van der Waals surface area contributed by atoms with Crippen molar-refractivity contribution < 1.29 is 32.6 Å². The Morgan fingerprint density at radius 2 is 1.87 bits per heavy atom. The van der Waals surface area contributed by atoms with E-state index in [2.05, 4.69) is 10.9 Å². The highest BCUT2D eigenvalue weighted by Crippen LogP contribution is 2.20. The Labute approximate surface area is 173 Å². The molecule has 1 aliphatic heterocycles. The standard InChI is InChI=1S/C20H27F2N3O5/c1-12(29-14-7-8-15(21)16(22)10-14)17(26)23-24-18(27)13-6-5-9-25(11-13)19(28)30-20(2,3)4/h7-8,10,12-13H,5-6,9,11H2,1-4H3,(H,23,26)(H,24,27)/t12-,13-/m0/s1. The number of hydrogen-bond acceptors (Lipinski definition) is 5. The van der Waals surface area contributed by atoms with Crippen LogP contribution in [0.5, 0.6) is 5.75 Å². The maximum absolute atomic E-state index is 13.2. The van der Waals surface area contributed by atoms with Crippen LogP contribution in [0, 0.1) is 17.6 Å². The van der Waals surface area contributed by atoms with E-state index in [1.54, 1.807) is 20.8 Å². The predicted octanol–water partition coefficient (Wildman–Crippen LogP) is 2.53. The summed E-state index contributed by atoms with van der Waals surface area (Å²) in [4.78, 5) is 38.2. The minimum absolute atomic E-state index is 0.0249. The molecule has 1 aliphatic rings. The number of halogens is 2. The van der Waals surface area contributed by atoms with Gasteiger partial charge in [0.25, 0.3) is 5.91 Å². The first kappa shape index (κ1) is 23.4. The molecule has 0 radical (unpaired) electrons. The van der Waals surface area contributed by atoms with Gasteiger partial charge in [0.1, 0.15) is 11.4 Å². The number of nitrogens with one attached hydrogen (secondary N) is 2. The Bertz CT molecular complexity index is 797. The Kier molecular flexibility index (Phi) is 7.58. The number of carbonyl (C=O) groups is 3. The highest BCUT2D eigenvalue weighted by Gasteiger charge is 2.31. The molecule has 30 heavy (non-hydrogen) atoms. The van der Waals surface area contributed by atoms with Gasteiger partial charge in [-0.1, -0.05) is 0 Å². The Hall–Kier alpha value is -2.91. The second-order valence-corrected chi connectivity index (χ2v) is 8.08. The predicted molar refractivity (Wildman–Crippen MR) is 103 cm³/mol. The number of rotatable bonds is 4. The third-order valence-electron chi connectivity index (χ3n) is 4.33. The second kappa shape index (κ2) is 9.73. The van der Waals surface area contributed by atoms with Crippen LogP contribution in [0.3, 0.4) is 0 Å². The lowest BCUT2D eigenvalue weighted by atomic mass is 9.98. The number of ether oxygens (including phenoxy) is 2. The molecule has 1 saturated heterocycles. The summed E-state index contributed by atoms with van der Waals surface area (Å²) in [5.41, 5.74) is 3.92. The molecule has 8 nitrogen and oxygen atoms in total. The largest absolute Gasteiger partial charge is 0.481 e. The maximum atomic E-state index is 13.2. The first-order valence-corrected chi connectivity index (χ1v) is 9.65. The van der Waals surface area contributed by atoms with Gasteiger partial charge in [0.05, 0.1) is 5.92 Å². The molecule has 10 heteroatoms. The van der Waals surface area contributed by atoms with Crippen LogP contribution in [-0.2, 0) is 14.3 Å². The quantitative estimate of drug-likeness (QED) is 0.720. The first-order valence-electron chi connectivity index (χ1n) is 9.65. The van der Waals surface area contributed by atoms with E-state index < -0.39 is 47.2 Å². The summed E-state index contributed by atoms with van der Waals surface area (Å²) in [5, 5.41) is 0. The molecule has 0 aliphatic carbocycles. The number of likely N-dealkylation sites (tertiary alicyclic amines) is 1. The zero-order chi connectivity index (χ0) is 22.5. The Morgan fingerprint density at radius 1 is 1.17 bits per heavy atom. The van der Waals surface area contributed by atoms with Crippen molar-refractivity contribution in [3.05, 3.63) is 29.8 Å². The molecule has 0 unspecified atom stereocenters. The zero-order valence-corrected chi connectivity index (χ0v) is 17.5. The van der Waals surface area contributed by atoms with Crippen molar-refractivity contribution in [3.63, 3.8) is 0 Å². The molecule has 166 valence electrons. The van der Waals surface area contributed by atoms with E-state index in [0.717, 1.165) is 12.1 Å². The Morgan fingerprint density at radius 3 is 2.50 bits per heavy atom. The average molecular weight is 427 g/mol. The molecule has 1 fully saturated rings. The van der Waals surface area contributed by atoms with Gasteiger partial charge in [-0.2, -0.15) is 0 Å². The summed E-state index contributed by atoms with van der Waals surface area (Å²) in [6.45, 7) is 7.35. The fourth-order valence-corrected chi connectivity index (χ4v) is 2.82. The van der Waals surface area contributed by atoms with Crippen molar-refractivity contribution >= 4 is 17.9 Å². The SMILES string of the molecule is C[C@H](Oc1ccc(F)c(F)c1)C(=O)NNC(=O)[C@H]1CCCN(C(=O)OC(C)(C)C)C1. The smallest absolute Gasteiger partial charge is 0.410 e. The second-order valence-electron chi connectivity index (χ2n) is 8.08. The molecule has 2 N–H and O–H groups in total. The number of piperidine rings is 1.